The van der Waals surface area contributed by atoms with Crippen LogP contribution in [-0.2, 0) is 6.42 Å². The van der Waals surface area contributed by atoms with Gasteiger partial charge in [0.15, 0.2) is 0 Å². The first-order chi connectivity index (χ1) is 12.2. The minimum Gasteiger partial charge on any atom is -0.493 e. The van der Waals surface area contributed by atoms with Gasteiger partial charge in [-0.1, -0.05) is 25.3 Å². The van der Waals surface area contributed by atoms with E-state index in [4.69, 9.17) is 4.74 Å². The number of carbonyl (C=O) groups is 1. The Labute approximate surface area is 149 Å². The molecule has 25 heavy (non-hydrogen) atoms. The van der Waals surface area contributed by atoms with Crippen LogP contribution in [-0.4, -0.2) is 29.9 Å². The molecule has 4 rings (SSSR count). The molecule has 136 valence electrons. The molecule has 0 spiro atoms. The van der Waals surface area contributed by atoms with Crippen LogP contribution in [0.15, 0.2) is 18.2 Å². The van der Waals surface area contributed by atoms with Crippen LogP contribution in [0, 0.1) is 5.92 Å². The molecule has 5 heteroatoms. The molecular formula is C20H28N2O3. The van der Waals surface area contributed by atoms with Gasteiger partial charge in [0.25, 0.3) is 0 Å². The molecule has 2 saturated carbocycles. The van der Waals surface area contributed by atoms with Crippen LogP contribution in [0.1, 0.15) is 62.1 Å². The first kappa shape index (κ1) is 16.7. The number of ether oxygens (including phenoxy) is 1. The molecule has 2 aliphatic carbocycles. The normalized spacial score (nSPS) is 26.9. The fourth-order valence-corrected chi connectivity index (χ4v) is 4.39. The predicted molar refractivity (Wildman–Crippen MR) is 95.7 cm³/mol. The van der Waals surface area contributed by atoms with Crippen molar-refractivity contribution in [3.8, 4) is 5.75 Å². The van der Waals surface area contributed by atoms with Crippen LogP contribution in [0.25, 0.3) is 0 Å². The van der Waals surface area contributed by atoms with E-state index >= 15 is 0 Å². The lowest BCUT2D eigenvalue weighted by atomic mass is 9.75. The van der Waals surface area contributed by atoms with E-state index in [2.05, 4.69) is 22.8 Å². The molecule has 1 aromatic rings. The molecule has 1 aliphatic heterocycles. The van der Waals surface area contributed by atoms with Crippen LogP contribution in [0.4, 0.5) is 4.79 Å². The van der Waals surface area contributed by atoms with Crippen molar-refractivity contribution in [2.45, 2.75) is 69.6 Å². The summed E-state index contributed by atoms with van der Waals surface area (Å²) < 4.78 is 5.59. The van der Waals surface area contributed by atoms with Crippen molar-refractivity contribution in [1.29, 1.82) is 0 Å². The van der Waals surface area contributed by atoms with Crippen LogP contribution in [0.2, 0.25) is 0 Å². The van der Waals surface area contributed by atoms with Gasteiger partial charge < -0.3 is 20.5 Å². The molecule has 0 saturated heterocycles. The highest BCUT2D eigenvalue weighted by Gasteiger charge is 2.36. The summed E-state index contributed by atoms with van der Waals surface area (Å²) in [5, 5.41) is 16.1. The largest absolute Gasteiger partial charge is 0.493 e. The highest BCUT2D eigenvalue weighted by Crippen LogP contribution is 2.39. The Hall–Kier alpha value is -1.75. The third kappa shape index (κ3) is 3.76. The zero-order valence-electron chi connectivity index (χ0n) is 14.7. The van der Waals surface area contributed by atoms with Gasteiger partial charge in [0, 0.05) is 12.5 Å². The van der Waals surface area contributed by atoms with Crippen molar-refractivity contribution >= 4 is 6.03 Å². The Balaban J connectivity index is 1.45. The van der Waals surface area contributed by atoms with Crippen molar-refractivity contribution in [3.63, 3.8) is 0 Å². The Bertz CT molecular complexity index is 621. The maximum absolute atomic E-state index is 12.5. The number of hydrogen-bond donors (Lipinski definition) is 3. The molecule has 0 unspecified atom stereocenters. The predicted octanol–water partition coefficient (Wildman–Crippen LogP) is 3.07. The van der Waals surface area contributed by atoms with Gasteiger partial charge in [-0.3, -0.25) is 0 Å². The fraction of sp³-hybridized carbons (Fsp3) is 0.650. The van der Waals surface area contributed by atoms with Crippen molar-refractivity contribution in [3.05, 3.63) is 29.3 Å². The molecule has 1 atom stereocenters. The van der Waals surface area contributed by atoms with E-state index in [9.17, 15) is 9.90 Å². The van der Waals surface area contributed by atoms with Gasteiger partial charge >= 0.3 is 6.03 Å². The van der Waals surface area contributed by atoms with Crippen LogP contribution < -0.4 is 15.4 Å². The van der Waals surface area contributed by atoms with Gasteiger partial charge in [0.2, 0.25) is 0 Å². The number of nitrogens with one attached hydrogen (secondary N) is 2. The molecule has 2 amide bonds. The summed E-state index contributed by atoms with van der Waals surface area (Å²) in [7, 11) is 0. The van der Waals surface area contributed by atoms with E-state index < -0.39 is 0 Å². The smallest absolute Gasteiger partial charge is 0.315 e. The minimum absolute atomic E-state index is 0.0436. The van der Waals surface area contributed by atoms with Gasteiger partial charge in [0.05, 0.1) is 18.8 Å². The lowest BCUT2D eigenvalue weighted by molar-refractivity contribution is 0.0258. The number of amides is 2. The monoisotopic (exact) mass is 344 g/mol. The van der Waals surface area contributed by atoms with E-state index in [1.807, 2.05) is 6.07 Å². The molecule has 0 aromatic heterocycles. The topological polar surface area (TPSA) is 70.6 Å². The highest BCUT2D eigenvalue weighted by atomic mass is 16.5. The van der Waals surface area contributed by atoms with Gasteiger partial charge in [-0.25, -0.2) is 4.79 Å². The number of fused-ring (bicyclic) bond motifs is 1. The number of aliphatic hydroxyl groups excluding tert-OH is 1. The number of aliphatic hydroxyl groups is 1. The van der Waals surface area contributed by atoms with E-state index in [0.717, 1.165) is 50.0 Å². The maximum Gasteiger partial charge on any atom is 0.315 e. The number of carbonyl (C=O) groups excluding carboxylic acids is 1. The minimum atomic E-state index is -0.228. The fourth-order valence-electron chi connectivity index (χ4n) is 4.39. The second-order valence-electron chi connectivity index (χ2n) is 7.78. The SMILES string of the molecule is O=C(NC1CCCCC1)N[C@@H](c1ccc2c(c1)CCO2)C1CC(O)C1. The highest BCUT2D eigenvalue weighted by molar-refractivity contribution is 5.75. The van der Waals surface area contributed by atoms with E-state index in [0.29, 0.717) is 12.0 Å². The van der Waals surface area contributed by atoms with E-state index in [1.165, 1.54) is 24.8 Å². The second-order valence-corrected chi connectivity index (χ2v) is 7.78. The Morgan fingerprint density at radius 3 is 2.76 bits per heavy atom. The molecule has 1 aromatic carbocycles. The summed E-state index contributed by atoms with van der Waals surface area (Å²) in [4.78, 5) is 12.5. The number of rotatable bonds is 4. The molecule has 0 bridgehead atoms. The summed E-state index contributed by atoms with van der Waals surface area (Å²) in [6, 6.07) is 6.42. The first-order valence-electron chi connectivity index (χ1n) is 9.70. The second kappa shape index (κ2) is 7.24. The summed E-state index contributed by atoms with van der Waals surface area (Å²) in [5.41, 5.74) is 2.34. The number of urea groups is 1. The average Bonchev–Trinajstić information content (AvgIpc) is 3.06. The quantitative estimate of drug-likeness (QED) is 0.786. The third-order valence-corrected chi connectivity index (χ3v) is 5.92. The van der Waals surface area contributed by atoms with Gasteiger partial charge in [-0.05, 0) is 54.9 Å². The Morgan fingerprint density at radius 1 is 1.20 bits per heavy atom. The molecule has 5 nitrogen and oxygen atoms in total. The molecule has 1 heterocycles. The van der Waals surface area contributed by atoms with Gasteiger partial charge in [0.1, 0.15) is 5.75 Å². The summed E-state index contributed by atoms with van der Waals surface area (Å²) in [6.45, 7) is 0.737. The van der Waals surface area contributed by atoms with Crippen molar-refractivity contribution < 1.29 is 14.6 Å². The van der Waals surface area contributed by atoms with Crippen LogP contribution in [0.3, 0.4) is 0 Å². The zero-order valence-corrected chi connectivity index (χ0v) is 14.7. The molecule has 0 radical (unpaired) electrons. The van der Waals surface area contributed by atoms with Crippen molar-refractivity contribution in [1.82, 2.24) is 10.6 Å². The third-order valence-electron chi connectivity index (χ3n) is 5.92. The maximum atomic E-state index is 12.5. The lowest BCUT2D eigenvalue weighted by Crippen LogP contribution is -2.48. The van der Waals surface area contributed by atoms with Gasteiger partial charge in [-0.2, -0.15) is 0 Å². The molecular weight excluding hydrogens is 316 g/mol. The van der Waals surface area contributed by atoms with Crippen molar-refractivity contribution in [2.24, 2.45) is 5.92 Å². The molecule has 3 aliphatic rings. The molecule has 3 N–H and O–H groups in total. The summed E-state index contributed by atoms with van der Waals surface area (Å²) in [6.07, 6.45) is 8.05. The van der Waals surface area contributed by atoms with Crippen molar-refractivity contribution in [2.75, 3.05) is 6.61 Å². The number of hydrogen-bond acceptors (Lipinski definition) is 3. The van der Waals surface area contributed by atoms with Crippen LogP contribution in [0.5, 0.6) is 5.75 Å². The lowest BCUT2D eigenvalue weighted by Gasteiger charge is -2.38. The molecule has 2 fully saturated rings. The average molecular weight is 344 g/mol. The zero-order chi connectivity index (χ0) is 17.2. The Kier molecular flexibility index (Phi) is 4.84. The summed E-state index contributed by atoms with van der Waals surface area (Å²) in [5.74, 6) is 1.26. The Morgan fingerprint density at radius 2 is 2.00 bits per heavy atom. The summed E-state index contributed by atoms with van der Waals surface area (Å²) >= 11 is 0. The van der Waals surface area contributed by atoms with Crippen LogP contribution >= 0.6 is 0 Å². The van der Waals surface area contributed by atoms with Gasteiger partial charge in [-0.15, -0.1) is 0 Å². The first-order valence-corrected chi connectivity index (χ1v) is 9.70. The van der Waals surface area contributed by atoms with E-state index in [-0.39, 0.29) is 18.2 Å². The van der Waals surface area contributed by atoms with E-state index in [1.54, 1.807) is 0 Å². The standard InChI is InChI=1S/C20H28N2O3/c23-17-11-15(12-17)19(14-6-7-18-13(10-14)8-9-25-18)22-20(24)21-16-4-2-1-3-5-16/h6-7,10,15-17,19,23H,1-5,8-9,11-12H2,(H2,21,22,24)/t15?,17?,19-/m0/s1. The number of benzene rings is 1.